The molecule has 0 aliphatic carbocycles. The smallest absolute Gasteiger partial charge is 0.262 e. The van der Waals surface area contributed by atoms with Crippen LogP contribution in [0.1, 0.15) is 19.4 Å². The SMILES string of the molecule is CCn1c(SC(C)C(=O)N2CCc3ccccc32)nc2cc3ccccc3cc2c1=O. The van der Waals surface area contributed by atoms with Crippen LogP contribution in [0.2, 0.25) is 0 Å². The van der Waals surface area contributed by atoms with Gasteiger partial charge in [0.05, 0.1) is 16.2 Å². The van der Waals surface area contributed by atoms with Gasteiger partial charge >= 0.3 is 0 Å². The van der Waals surface area contributed by atoms with Crippen molar-refractivity contribution in [3.05, 3.63) is 76.6 Å². The lowest BCUT2D eigenvalue weighted by atomic mass is 10.1. The second kappa shape index (κ2) is 7.85. The van der Waals surface area contributed by atoms with Gasteiger partial charge in [-0.3, -0.25) is 14.2 Å². The molecule has 1 aliphatic heterocycles. The monoisotopic (exact) mass is 429 g/mol. The number of carbonyl (C=O) groups excluding carboxylic acids is 1. The number of nitrogens with zero attached hydrogens (tertiary/aromatic N) is 3. The van der Waals surface area contributed by atoms with E-state index in [0.29, 0.717) is 29.1 Å². The number of benzene rings is 3. The fraction of sp³-hybridized carbons (Fsp3) is 0.240. The average molecular weight is 430 g/mol. The molecule has 0 radical (unpaired) electrons. The van der Waals surface area contributed by atoms with Crippen LogP contribution < -0.4 is 10.5 Å². The lowest BCUT2D eigenvalue weighted by Crippen LogP contribution is -2.35. The predicted octanol–water partition coefficient (Wildman–Crippen LogP) is 4.64. The van der Waals surface area contributed by atoms with Crippen LogP contribution in [0.25, 0.3) is 21.7 Å². The molecule has 5 nitrogen and oxygen atoms in total. The Kier molecular flexibility index (Phi) is 5.02. The van der Waals surface area contributed by atoms with Gasteiger partial charge in [-0.1, -0.05) is 54.2 Å². The number of aromatic nitrogens is 2. The maximum Gasteiger partial charge on any atom is 0.262 e. The standard InChI is InChI=1S/C25H23N3O2S/c1-3-27-24(30)20-14-18-9-4-5-10-19(18)15-21(20)26-25(27)31-16(2)23(29)28-13-12-17-8-6-7-11-22(17)28/h4-11,14-16H,3,12-13H2,1-2H3. The molecule has 0 fully saturated rings. The molecule has 0 spiro atoms. The van der Waals surface area contributed by atoms with E-state index in [1.54, 1.807) is 4.57 Å². The molecule has 0 bridgehead atoms. The topological polar surface area (TPSA) is 55.2 Å². The maximum absolute atomic E-state index is 13.2. The van der Waals surface area contributed by atoms with Crippen LogP contribution in [0.3, 0.4) is 0 Å². The van der Waals surface area contributed by atoms with Gasteiger partial charge < -0.3 is 4.90 Å². The van der Waals surface area contributed by atoms with Gasteiger partial charge in [-0.15, -0.1) is 0 Å². The lowest BCUT2D eigenvalue weighted by molar-refractivity contribution is -0.117. The molecule has 1 aliphatic rings. The fourth-order valence-electron chi connectivity index (χ4n) is 4.25. The van der Waals surface area contributed by atoms with E-state index >= 15 is 0 Å². The largest absolute Gasteiger partial charge is 0.311 e. The van der Waals surface area contributed by atoms with Crippen molar-refractivity contribution in [1.29, 1.82) is 0 Å². The third-order valence-corrected chi connectivity index (χ3v) is 6.96. The summed E-state index contributed by atoms with van der Waals surface area (Å²) in [6.45, 7) is 5.03. The molecule has 4 aromatic rings. The van der Waals surface area contributed by atoms with Crippen molar-refractivity contribution in [2.75, 3.05) is 11.4 Å². The Labute approximate surface area is 184 Å². The molecule has 0 saturated heterocycles. The highest BCUT2D eigenvalue weighted by Gasteiger charge is 2.29. The molecule has 6 heteroatoms. The maximum atomic E-state index is 13.2. The van der Waals surface area contributed by atoms with Gasteiger partial charge in [0.2, 0.25) is 5.91 Å². The molecule has 0 saturated carbocycles. The second-order valence-corrected chi connectivity index (χ2v) is 9.10. The van der Waals surface area contributed by atoms with E-state index in [-0.39, 0.29) is 16.7 Å². The Balaban J connectivity index is 1.51. The zero-order valence-corrected chi connectivity index (χ0v) is 18.4. The number of hydrogen-bond acceptors (Lipinski definition) is 4. The molecule has 1 amide bonds. The van der Waals surface area contributed by atoms with Crippen LogP contribution in [-0.4, -0.2) is 27.3 Å². The molecule has 2 heterocycles. The first kappa shape index (κ1) is 19.8. The zero-order valence-electron chi connectivity index (χ0n) is 17.5. The molecule has 0 N–H and O–H groups in total. The van der Waals surface area contributed by atoms with Gasteiger partial charge in [0.25, 0.3) is 5.56 Å². The van der Waals surface area contributed by atoms with Crippen molar-refractivity contribution < 1.29 is 4.79 Å². The van der Waals surface area contributed by atoms with Gasteiger partial charge in [0.1, 0.15) is 0 Å². The summed E-state index contributed by atoms with van der Waals surface area (Å²) in [5.41, 5.74) is 2.80. The lowest BCUT2D eigenvalue weighted by Gasteiger charge is -2.22. The van der Waals surface area contributed by atoms with Crippen LogP contribution in [0.5, 0.6) is 0 Å². The van der Waals surface area contributed by atoms with E-state index < -0.39 is 0 Å². The van der Waals surface area contributed by atoms with Crippen molar-refractivity contribution in [3.63, 3.8) is 0 Å². The molecule has 31 heavy (non-hydrogen) atoms. The third-order valence-electron chi connectivity index (χ3n) is 5.89. The highest BCUT2D eigenvalue weighted by Crippen LogP contribution is 2.31. The molecule has 5 rings (SSSR count). The van der Waals surface area contributed by atoms with Crippen LogP contribution in [0.4, 0.5) is 5.69 Å². The quantitative estimate of drug-likeness (QED) is 0.269. The van der Waals surface area contributed by atoms with Gasteiger partial charge in [-0.25, -0.2) is 4.98 Å². The number of fused-ring (bicyclic) bond motifs is 3. The number of amides is 1. The van der Waals surface area contributed by atoms with Gasteiger partial charge in [0.15, 0.2) is 5.16 Å². The van der Waals surface area contributed by atoms with E-state index in [1.807, 2.05) is 73.3 Å². The Morgan fingerprint density at radius 2 is 1.81 bits per heavy atom. The third kappa shape index (κ3) is 3.41. The Hall–Kier alpha value is -3.12. The number of thioether (sulfide) groups is 1. The molecule has 1 unspecified atom stereocenters. The minimum Gasteiger partial charge on any atom is -0.311 e. The Morgan fingerprint density at radius 3 is 2.58 bits per heavy atom. The number of para-hydroxylation sites is 1. The highest BCUT2D eigenvalue weighted by atomic mass is 32.2. The van der Waals surface area contributed by atoms with E-state index in [2.05, 4.69) is 6.07 Å². The Morgan fingerprint density at radius 1 is 1.10 bits per heavy atom. The molecule has 3 aromatic carbocycles. The summed E-state index contributed by atoms with van der Waals surface area (Å²) >= 11 is 1.36. The molecule has 1 atom stereocenters. The first-order valence-corrected chi connectivity index (χ1v) is 11.4. The van der Waals surface area contributed by atoms with Crippen LogP contribution >= 0.6 is 11.8 Å². The average Bonchev–Trinajstić information content (AvgIpc) is 3.22. The number of carbonyl (C=O) groups is 1. The summed E-state index contributed by atoms with van der Waals surface area (Å²) in [7, 11) is 0. The van der Waals surface area contributed by atoms with Gasteiger partial charge in [-0.05, 0) is 54.8 Å². The van der Waals surface area contributed by atoms with E-state index in [1.165, 1.54) is 17.3 Å². The Bertz CT molecular complexity index is 1380. The van der Waals surface area contributed by atoms with Crippen molar-refractivity contribution in [2.45, 2.75) is 37.2 Å². The number of rotatable bonds is 4. The fourth-order valence-corrected chi connectivity index (χ4v) is 5.29. The second-order valence-electron chi connectivity index (χ2n) is 7.79. The number of anilines is 1. The summed E-state index contributed by atoms with van der Waals surface area (Å²) < 4.78 is 1.67. The minimum atomic E-state index is -0.353. The first-order chi connectivity index (χ1) is 15.1. The van der Waals surface area contributed by atoms with Gasteiger partial charge in [0, 0.05) is 18.8 Å². The summed E-state index contributed by atoms with van der Waals surface area (Å²) in [6.07, 6.45) is 0.875. The first-order valence-electron chi connectivity index (χ1n) is 10.6. The van der Waals surface area contributed by atoms with E-state index in [9.17, 15) is 9.59 Å². The predicted molar refractivity (Wildman–Crippen MR) is 127 cm³/mol. The van der Waals surface area contributed by atoms with E-state index in [4.69, 9.17) is 4.98 Å². The van der Waals surface area contributed by atoms with Crippen LogP contribution in [0, 0.1) is 0 Å². The van der Waals surface area contributed by atoms with Crippen molar-refractivity contribution in [1.82, 2.24) is 9.55 Å². The van der Waals surface area contributed by atoms with Crippen molar-refractivity contribution in [2.24, 2.45) is 0 Å². The summed E-state index contributed by atoms with van der Waals surface area (Å²) in [5.74, 6) is 0.0467. The molecule has 156 valence electrons. The highest BCUT2D eigenvalue weighted by molar-refractivity contribution is 8.00. The van der Waals surface area contributed by atoms with Crippen LogP contribution in [0.15, 0.2) is 70.6 Å². The van der Waals surface area contributed by atoms with Crippen LogP contribution in [-0.2, 0) is 17.8 Å². The van der Waals surface area contributed by atoms with Gasteiger partial charge in [-0.2, -0.15) is 0 Å². The molecular formula is C25H23N3O2S. The summed E-state index contributed by atoms with van der Waals surface area (Å²) in [5, 5.41) is 2.91. The molecule has 1 aromatic heterocycles. The summed E-state index contributed by atoms with van der Waals surface area (Å²) in [4.78, 5) is 33.1. The minimum absolute atomic E-state index is 0.0467. The molecular weight excluding hydrogens is 406 g/mol. The van der Waals surface area contributed by atoms with Crippen molar-refractivity contribution >= 4 is 45.0 Å². The van der Waals surface area contributed by atoms with E-state index in [0.717, 1.165) is 22.9 Å². The number of hydrogen-bond donors (Lipinski definition) is 0. The normalized spacial score (nSPS) is 14.2. The summed E-state index contributed by atoms with van der Waals surface area (Å²) in [6, 6.07) is 19.9. The zero-order chi connectivity index (χ0) is 21.5. The van der Waals surface area contributed by atoms with Crippen molar-refractivity contribution in [3.8, 4) is 0 Å².